The van der Waals surface area contributed by atoms with Crippen LogP contribution < -0.4 is 4.74 Å². The average molecular weight is 383 g/mol. The van der Waals surface area contributed by atoms with Gasteiger partial charge in [-0.15, -0.1) is 0 Å². The fourth-order valence-corrected chi connectivity index (χ4v) is 3.47. The number of carbonyl (C=O) groups excluding carboxylic acids is 1. The van der Waals surface area contributed by atoms with E-state index in [9.17, 15) is 4.79 Å². The fraction of sp³-hybridized carbons (Fsp3) is 0.435. The minimum atomic E-state index is 0.183. The SMILES string of the molecule is COc1ccccc1CN(CCN1CCOCC1)C(=O)CCc1ccccc1. The number of para-hydroxylation sites is 1. The maximum Gasteiger partial charge on any atom is 0.223 e. The van der Waals surface area contributed by atoms with Crippen LogP contribution in [0.4, 0.5) is 0 Å². The van der Waals surface area contributed by atoms with Crippen molar-refractivity contribution in [1.29, 1.82) is 0 Å². The highest BCUT2D eigenvalue weighted by atomic mass is 16.5. The maximum atomic E-state index is 13.0. The lowest BCUT2D eigenvalue weighted by molar-refractivity contribution is -0.132. The maximum absolute atomic E-state index is 13.0. The number of hydrogen-bond donors (Lipinski definition) is 0. The van der Waals surface area contributed by atoms with Crippen molar-refractivity contribution in [3.8, 4) is 5.75 Å². The van der Waals surface area contributed by atoms with Crippen LogP contribution in [0, 0.1) is 0 Å². The van der Waals surface area contributed by atoms with Crippen molar-refractivity contribution < 1.29 is 14.3 Å². The van der Waals surface area contributed by atoms with Gasteiger partial charge in [0.2, 0.25) is 5.91 Å². The zero-order valence-corrected chi connectivity index (χ0v) is 16.7. The Morgan fingerprint density at radius 2 is 1.79 bits per heavy atom. The van der Waals surface area contributed by atoms with E-state index in [0.29, 0.717) is 19.5 Å². The van der Waals surface area contributed by atoms with E-state index >= 15 is 0 Å². The lowest BCUT2D eigenvalue weighted by Gasteiger charge is -2.30. The molecule has 1 amide bonds. The Morgan fingerprint density at radius 3 is 2.54 bits per heavy atom. The number of aryl methyl sites for hydroxylation is 1. The molecule has 0 saturated carbocycles. The number of hydrogen-bond acceptors (Lipinski definition) is 4. The first-order chi connectivity index (χ1) is 13.8. The van der Waals surface area contributed by atoms with Crippen LogP contribution in [0.3, 0.4) is 0 Å². The van der Waals surface area contributed by atoms with Crippen LogP contribution in [0.1, 0.15) is 17.5 Å². The fourth-order valence-electron chi connectivity index (χ4n) is 3.47. The number of ether oxygens (including phenoxy) is 2. The largest absolute Gasteiger partial charge is 0.496 e. The molecule has 2 aromatic carbocycles. The molecule has 1 heterocycles. The van der Waals surface area contributed by atoms with Crippen molar-refractivity contribution in [3.05, 3.63) is 65.7 Å². The first kappa shape index (κ1) is 20.4. The lowest BCUT2D eigenvalue weighted by Crippen LogP contribution is -2.43. The Bertz CT molecular complexity index is 730. The molecule has 1 aliphatic rings. The molecule has 0 unspecified atom stereocenters. The van der Waals surface area contributed by atoms with Crippen LogP contribution >= 0.6 is 0 Å². The average Bonchev–Trinajstić information content (AvgIpc) is 2.76. The number of carbonyl (C=O) groups is 1. The summed E-state index contributed by atoms with van der Waals surface area (Å²) in [7, 11) is 1.67. The van der Waals surface area contributed by atoms with Gasteiger partial charge in [-0.1, -0.05) is 48.5 Å². The van der Waals surface area contributed by atoms with Gasteiger partial charge in [0, 0.05) is 44.7 Å². The molecule has 0 aromatic heterocycles. The molecule has 0 bridgehead atoms. The summed E-state index contributed by atoms with van der Waals surface area (Å²) in [5.74, 6) is 1.01. The summed E-state index contributed by atoms with van der Waals surface area (Å²) in [5, 5.41) is 0. The topological polar surface area (TPSA) is 42.0 Å². The Morgan fingerprint density at radius 1 is 1.07 bits per heavy atom. The van der Waals surface area contributed by atoms with Crippen LogP contribution in [0.25, 0.3) is 0 Å². The second kappa shape index (κ2) is 10.8. The van der Waals surface area contributed by atoms with Gasteiger partial charge in [-0.2, -0.15) is 0 Å². The number of benzene rings is 2. The van der Waals surface area contributed by atoms with Gasteiger partial charge in [0.15, 0.2) is 0 Å². The van der Waals surface area contributed by atoms with Gasteiger partial charge in [-0.3, -0.25) is 9.69 Å². The molecule has 0 N–H and O–H groups in total. The third-order valence-electron chi connectivity index (χ3n) is 5.17. The molecule has 5 heteroatoms. The summed E-state index contributed by atoms with van der Waals surface area (Å²) >= 11 is 0. The molecule has 0 radical (unpaired) electrons. The normalized spacial score (nSPS) is 14.6. The van der Waals surface area contributed by atoms with Crippen molar-refractivity contribution in [3.63, 3.8) is 0 Å². The number of nitrogens with zero attached hydrogens (tertiary/aromatic N) is 2. The van der Waals surface area contributed by atoms with Crippen LogP contribution in [0.5, 0.6) is 5.75 Å². The molecular formula is C23H30N2O3. The summed E-state index contributed by atoms with van der Waals surface area (Å²) in [4.78, 5) is 17.4. The Hall–Kier alpha value is -2.37. The van der Waals surface area contributed by atoms with Crippen LogP contribution in [-0.2, 0) is 22.5 Å². The van der Waals surface area contributed by atoms with Gasteiger partial charge in [-0.25, -0.2) is 0 Å². The molecule has 0 atom stereocenters. The van der Waals surface area contributed by atoms with Gasteiger partial charge in [-0.05, 0) is 18.1 Å². The highest BCUT2D eigenvalue weighted by Gasteiger charge is 2.18. The molecule has 3 rings (SSSR count). The standard InChI is InChI=1S/C23H30N2O3/c1-27-22-10-6-5-9-21(22)19-25(14-13-24-15-17-28-18-16-24)23(26)12-11-20-7-3-2-4-8-20/h2-10H,11-19H2,1H3. The van der Waals surface area contributed by atoms with E-state index in [1.54, 1.807) is 7.11 Å². The molecular weight excluding hydrogens is 352 g/mol. The van der Waals surface area contributed by atoms with Gasteiger partial charge in [0.1, 0.15) is 5.75 Å². The third-order valence-corrected chi connectivity index (χ3v) is 5.17. The summed E-state index contributed by atoms with van der Waals surface area (Å²) < 4.78 is 10.9. The van der Waals surface area contributed by atoms with Crippen molar-refractivity contribution in [2.24, 2.45) is 0 Å². The number of morpholine rings is 1. The quantitative estimate of drug-likeness (QED) is 0.669. The predicted octanol–water partition coefficient (Wildman–Crippen LogP) is 2.99. The number of rotatable bonds is 9. The van der Waals surface area contributed by atoms with Crippen molar-refractivity contribution in [2.45, 2.75) is 19.4 Å². The van der Waals surface area contributed by atoms with Gasteiger partial charge < -0.3 is 14.4 Å². The molecule has 2 aromatic rings. The van der Waals surface area contributed by atoms with E-state index in [1.165, 1.54) is 5.56 Å². The number of methoxy groups -OCH3 is 1. The van der Waals surface area contributed by atoms with Crippen molar-refractivity contribution in [2.75, 3.05) is 46.5 Å². The third kappa shape index (κ3) is 6.08. The monoisotopic (exact) mass is 382 g/mol. The van der Waals surface area contributed by atoms with E-state index in [-0.39, 0.29) is 5.91 Å². The summed E-state index contributed by atoms with van der Waals surface area (Å²) in [6.45, 7) is 5.56. The molecule has 0 spiro atoms. The Kier molecular flexibility index (Phi) is 7.88. The van der Waals surface area contributed by atoms with Crippen LogP contribution in [-0.4, -0.2) is 62.2 Å². The van der Waals surface area contributed by atoms with E-state index in [4.69, 9.17) is 9.47 Å². The molecule has 1 fully saturated rings. The second-order valence-electron chi connectivity index (χ2n) is 7.07. The Labute approximate surface area is 167 Å². The Balaban J connectivity index is 1.64. The molecule has 1 aliphatic heterocycles. The minimum absolute atomic E-state index is 0.183. The molecule has 1 saturated heterocycles. The molecule has 0 aliphatic carbocycles. The van der Waals surface area contributed by atoms with Crippen LogP contribution in [0.2, 0.25) is 0 Å². The summed E-state index contributed by atoms with van der Waals surface area (Å²) in [6, 6.07) is 18.1. The van der Waals surface area contributed by atoms with E-state index < -0.39 is 0 Å². The van der Waals surface area contributed by atoms with Crippen molar-refractivity contribution >= 4 is 5.91 Å². The lowest BCUT2D eigenvalue weighted by atomic mass is 10.1. The van der Waals surface area contributed by atoms with Gasteiger partial charge >= 0.3 is 0 Å². The zero-order valence-electron chi connectivity index (χ0n) is 16.7. The molecule has 28 heavy (non-hydrogen) atoms. The predicted molar refractivity (Wildman–Crippen MR) is 110 cm³/mol. The van der Waals surface area contributed by atoms with E-state index in [1.807, 2.05) is 47.4 Å². The smallest absolute Gasteiger partial charge is 0.223 e. The minimum Gasteiger partial charge on any atom is -0.496 e. The van der Waals surface area contributed by atoms with Gasteiger partial charge in [0.05, 0.1) is 20.3 Å². The number of amides is 1. The molecule has 5 nitrogen and oxygen atoms in total. The van der Waals surface area contributed by atoms with Crippen LogP contribution in [0.15, 0.2) is 54.6 Å². The van der Waals surface area contributed by atoms with Gasteiger partial charge in [0.25, 0.3) is 0 Å². The van der Waals surface area contributed by atoms with E-state index in [0.717, 1.165) is 50.6 Å². The highest BCUT2D eigenvalue weighted by molar-refractivity contribution is 5.76. The molecule has 150 valence electrons. The second-order valence-corrected chi connectivity index (χ2v) is 7.07. The van der Waals surface area contributed by atoms with E-state index in [2.05, 4.69) is 17.0 Å². The van der Waals surface area contributed by atoms with Crippen molar-refractivity contribution in [1.82, 2.24) is 9.80 Å². The highest BCUT2D eigenvalue weighted by Crippen LogP contribution is 2.20. The first-order valence-corrected chi connectivity index (χ1v) is 10.00. The summed E-state index contributed by atoms with van der Waals surface area (Å²) in [6.07, 6.45) is 1.28. The zero-order chi connectivity index (χ0) is 19.6. The first-order valence-electron chi connectivity index (χ1n) is 10.00. The summed E-state index contributed by atoms with van der Waals surface area (Å²) in [5.41, 5.74) is 2.24.